The van der Waals surface area contributed by atoms with Gasteiger partial charge in [0.1, 0.15) is 5.82 Å². The van der Waals surface area contributed by atoms with E-state index in [9.17, 15) is 4.39 Å². The molecule has 0 spiro atoms. The van der Waals surface area contributed by atoms with Gasteiger partial charge in [-0.15, -0.1) is 0 Å². The van der Waals surface area contributed by atoms with E-state index in [1.807, 2.05) is 6.07 Å². The van der Waals surface area contributed by atoms with Gasteiger partial charge in [0.05, 0.1) is 0 Å². The van der Waals surface area contributed by atoms with Gasteiger partial charge >= 0.3 is 0 Å². The van der Waals surface area contributed by atoms with E-state index < -0.39 is 0 Å². The van der Waals surface area contributed by atoms with E-state index in [0.29, 0.717) is 5.92 Å². The van der Waals surface area contributed by atoms with Gasteiger partial charge in [-0.2, -0.15) is 0 Å². The summed E-state index contributed by atoms with van der Waals surface area (Å²) in [6, 6.07) is 13.5. The lowest BCUT2D eigenvalue weighted by Gasteiger charge is -2.12. The Balaban J connectivity index is 2.30. The summed E-state index contributed by atoms with van der Waals surface area (Å²) in [6.45, 7) is 8.25. The first-order chi connectivity index (χ1) is 10.1. The van der Waals surface area contributed by atoms with Gasteiger partial charge in [0.25, 0.3) is 0 Å². The first-order valence-corrected chi connectivity index (χ1v) is 7.71. The van der Waals surface area contributed by atoms with Gasteiger partial charge in [-0.1, -0.05) is 51.1 Å². The topological polar surface area (TPSA) is 12.0 Å². The maximum atomic E-state index is 13.6. The minimum absolute atomic E-state index is 0.183. The fraction of sp³-hybridized carbons (Fsp3) is 0.368. The molecule has 0 radical (unpaired) electrons. The van der Waals surface area contributed by atoms with Crippen molar-refractivity contribution >= 4 is 0 Å². The molecule has 1 N–H and O–H groups in total. The minimum atomic E-state index is -0.183. The Morgan fingerprint density at radius 2 is 1.76 bits per heavy atom. The summed E-state index contributed by atoms with van der Waals surface area (Å²) in [5.74, 6) is 0.328. The van der Waals surface area contributed by atoms with Crippen molar-refractivity contribution in [3.05, 3.63) is 59.4 Å². The zero-order valence-electron chi connectivity index (χ0n) is 13.1. The van der Waals surface area contributed by atoms with E-state index in [0.717, 1.165) is 36.2 Å². The molecule has 0 atom stereocenters. The van der Waals surface area contributed by atoms with Gasteiger partial charge in [0.15, 0.2) is 0 Å². The molecule has 0 saturated heterocycles. The molecule has 0 amide bonds. The van der Waals surface area contributed by atoms with Crippen LogP contribution >= 0.6 is 0 Å². The van der Waals surface area contributed by atoms with E-state index in [-0.39, 0.29) is 5.82 Å². The molecule has 0 heterocycles. The second-order valence-corrected chi connectivity index (χ2v) is 5.75. The normalized spacial score (nSPS) is 11.1. The van der Waals surface area contributed by atoms with Gasteiger partial charge in [0, 0.05) is 6.54 Å². The molecule has 0 aliphatic carbocycles. The van der Waals surface area contributed by atoms with Crippen LogP contribution in [0.4, 0.5) is 4.39 Å². The summed E-state index contributed by atoms with van der Waals surface area (Å²) in [5, 5.41) is 3.39. The Morgan fingerprint density at radius 1 is 1.05 bits per heavy atom. The van der Waals surface area contributed by atoms with Crippen molar-refractivity contribution in [2.75, 3.05) is 6.54 Å². The van der Waals surface area contributed by atoms with Gasteiger partial charge in [-0.25, -0.2) is 4.39 Å². The summed E-state index contributed by atoms with van der Waals surface area (Å²) in [4.78, 5) is 0. The molecule has 0 saturated carbocycles. The lowest BCUT2D eigenvalue weighted by atomic mass is 9.96. The SMILES string of the molecule is CCCNCc1ccc(F)cc1-c1ccc(C(C)C)cc1. The largest absolute Gasteiger partial charge is 0.313 e. The van der Waals surface area contributed by atoms with Crippen LogP contribution in [0.25, 0.3) is 11.1 Å². The van der Waals surface area contributed by atoms with Crippen LogP contribution in [0.2, 0.25) is 0 Å². The van der Waals surface area contributed by atoms with Crippen molar-refractivity contribution in [1.82, 2.24) is 5.32 Å². The van der Waals surface area contributed by atoms with Crippen LogP contribution in [-0.2, 0) is 6.54 Å². The Labute approximate surface area is 127 Å². The maximum absolute atomic E-state index is 13.6. The summed E-state index contributed by atoms with van der Waals surface area (Å²) in [5.41, 5.74) is 4.50. The summed E-state index contributed by atoms with van der Waals surface area (Å²) in [6.07, 6.45) is 1.10. The summed E-state index contributed by atoms with van der Waals surface area (Å²) >= 11 is 0. The second-order valence-electron chi connectivity index (χ2n) is 5.75. The molecule has 0 bridgehead atoms. The summed E-state index contributed by atoms with van der Waals surface area (Å²) < 4.78 is 13.6. The molecule has 21 heavy (non-hydrogen) atoms. The molecule has 1 nitrogen and oxygen atoms in total. The molecular weight excluding hydrogens is 261 g/mol. The standard InChI is InChI=1S/C19H24FN/c1-4-11-21-13-17-9-10-18(20)12-19(17)16-7-5-15(6-8-16)14(2)3/h5-10,12,14,21H,4,11,13H2,1-3H3. The lowest BCUT2D eigenvalue weighted by molar-refractivity contribution is 0.625. The molecule has 0 aromatic heterocycles. The molecular formula is C19H24FN. The quantitative estimate of drug-likeness (QED) is 0.727. The molecule has 112 valence electrons. The van der Waals surface area contributed by atoms with Crippen molar-refractivity contribution in [2.24, 2.45) is 0 Å². The van der Waals surface area contributed by atoms with Crippen LogP contribution < -0.4 is 5.32 Å². The Bertz CT molecular complexity index is 573. The average Bonchev–Trinajstić information content (AvgIpc) is 2.49. The second kappa shape index (κ2) is 7.37. The van der Waals surface area contributed by atoms with E-state index in [4.69, 9.17) is 0 Å². The van der Waals surface area contributed by atoms with Gasteiger partial charge in [0.2, 0.25) is 0 Å². The van der Waals surface area contributed by atoms with Crippen LogP contribution in [0.3, 0.4) is 0 Å². The van der Waals surface area contributed by atoms with Crippen LogP contribution in [0, 0.1) is 5.82 Å². The predicted octanol–water partition coefficient (Wildman–Crippen LogP) is 5.12. The van der Waals surface area contributed by atoms with Gasteiger partial charge in [-0.3, -0.25) is 0 Å². The highest BCUT2D eigenvalue weighted by atomic mass is 19.1. The number of hydrogen-bond donors (Lipinski definition) is 1. The summed E-state index contributed by atoms with van der Waals surface area (Å²) in [7, 11) is 0. The number of hydrogen-bond acceptors (Lipinski definition) is 1. The van der Waals surface area contributed by atoms with Crippen molar-refractivity contribution in [3.63, 3.8) is 0 Å². The first-order valence-electron chi connectivity index (χ1n) is 7.71. The fourth-order valence-electron chi connectivity index (χ4n) is 2.42. The number of rotatable bonds is 6. The van der Waals surface area contributed by atoms with Crippen molar-refractivity contribution < 1.29 is 4.39 Å². The van der Waals surface area contributed by atoms with Crippen LogP contribution in [0.15, 0.2) is 42.5 Å². The lowest BCUT2D eigenvalue weighted by Crippen LogP contribution is -2.14. The number of benzene rings is 2. The number of halogens is 1. The van der Waals surface area contributed by atoms with Gasteiger partial charge < -0.3 is 5.32 Å². The molecule has 2 aromatic rings. The third-order valence-corrected chi connectivity index (χ3v) is 3.70. The highest BCUT2D eigenvalue weighted by Crippen LogP contribution is 2.26. The number of nitrogens with one attached hydrogen (secondary N) is 1. The highest BCUT2D eigenvalue weighted by Gasteiger charge is 2.07. The van der Waals surface area contributed by atoms with Crippen molar-refractivity contribution in [1.29, 1.82) is 0 Å². The molecule has 2 rings (SSSR count). The van der Waals surface area contributed by atoms with Crippen LogP contribution in [0.1, 0.15) is 44.2 Å². The predicted molar refractivity (Wildman–Crippen MR) is 87.9 cm³/mol. The maximum Gasteiger partial charge on any atom is 0.123 e. The zero-order chi connectivity index (χ0) is 15.2. The van der Waals surface area contributed by atoms with Gasteiger partial charge in [-0.05, 0) is 53.3 Å². The minimum Gasteiger partial charge on any atom is -0.313 e. The monoisotopic (exact) mass is 285 g/mol. The zero-order valence-corrected chi connectivity index (χ0v) is 13.1. The third kappa shape index (κ3) is 4.15. The molecule has 0 aliphatic rings. The fourth-order valence-corrected chi connectivity index (χ4v) is 2.42. The van der Waals surface area contributed by atoms with E-state index >= 15 is 0 Å². The van der Waals surface area contributed by atoms with E-state index in [1.54, 1.807) is 6.07 Å². The smallest absolute Gasteiger partial charge is 0.123 e. The first kappa shape index (κ1) is 15.7. The molecule has 0 aliphatic heterocycles. The van der Waals surface area contributed by atoms with E-state index in [2.05, 4.69) is 50.4 Å². The Hall–Kier alpha value is -1.67. The molecule has 0 unspecified atom stereocenters. The molecule has 2 heteroatoms. The third-order valence-electron chi connectivity index (χ3n) is 3.70. The van der Waals surface area contributed by atoms with Crippen molar-refractivity contribution in [3.8, 4) is 11.1 Å². The molecule has 0 fully saturated rings. The highest BCUT2D eigenvalue weighted by molar-refractivity contribution is 5.67. The van der Waals surface area contributed by atoms with Crippen LogP contribution in [-0.4, -0.2) is 6.54 Å². The Kier molecular flexibility index (Phi) is 5.51. The van der Waals surface area contributed by atoms with Crippen LogP contribution in [0.5, 0.6) is 0 Å². The molecule has 2 aromatic carbocycles. The average molecular weight is 285 g/mol. The Morgan fingerprint density at radius 3 is 2.38 bits per heavy atom. The van der Waals surface area contributed by atoms with E-state index in [1.165, 1.54) is 11.6 Å². The van der Waals surface area contributed by atoms with Crippen molar-refractivity contribution in [2.45, 2.75) is 39.7 Å².